The highest BCUT2D eigenvalue weighted by Crippen LogP contribution is 2.25. The van der Waals surface area contributed by atoms with Crippen LogP contribution in [-0.2, 0) is 20.9 Å². The van der Waals surface area contributed by atoms with E-state index in [0.29, 0.717) is 6.04 Å². The minimum atomic E-state index is -0.370. The highest BCUT2D eigenvalue weighted by atomic mass is 16.5. The Morgan fingerprint density at radius 2 is 1.83 bits per heavy atom. The summed E-state index contributed by atoms with van der Waals surface area (Å²) in [5, 5.41) is 0. The van der Waals surface area contributed by atoms with Crippen LogP contribution in [0.15, 0.2) is 18.2 Å². The Bertz CT molecular complexity index is 695. The van der Waals surface area contributed by atoms with E-state index >= 15 is 0 Å². The number of aryl methyl sites for hydroxylation is 1. The Labute approximate surface area is 174 Å². The van der Waals surface area contributed by atoms with Crippen LogP contribution in [0.4, 0.5) is 0 Å². The van der Waals surface area contributed by atoms with Crippen LogP contribution in [0.25, 0.3) is 0 Å². The van der Waals surface area contributed by atoms with Crippen LogP contribution in [0, 0.1) is 12.8 Å². The van der Waals surface area contributed by atoms with Crippen molar-refractivity contribution in [2.45, 2.75) is 45.2 Å². The number of carbonyl (C=O) groups excluding carboxylic acids is 2. The Balaban J connectivity index is 1.40. The maximum Gasteiger partial charge on any atom is 0.325 e. The lowest BCUT2D eigenvalue weighted by atomic mass is 9.92. The summed E-state index contributed by atoms with van der Waals surface area (Å²) in [7, 11) is 3.03. The molecule has 1 amide bonds. The number of likely N-dealkylation sites (tertiary alicyclic amines) is 2. The van der Waals surface area contributed by atoms with E-state index in [0.717, 1.165) is 57.0 Å². The van der Waals surface area contributed by atoms with Crippen molar-refractivity contribution in [3.63, 3.8) is 0 Å². The molecule has 0 atom stereocenters. The summed E-state index contributed by atoms with van der Waals surface area (Å²) in [4.78, 5) is 35.1. The van der Waals surface area contributed by atoms with Crippen molar-refractivity contribution in [3.8, 4) is 0 Å². The highest BCUT2D eigenvalue weighted by Gasteiger charge is 2.32. The number of hydrogen-bond donors (Lipinski definition) is 0. The standard InChI is InChI=1S/C22H34N4O3/c1-17-5-4-6-19(23-17)15-25-11-9-20(10-12-25)26-13-7-18(8-14-26)22(28)24(2)16-21(27)29-3/h4-6,18,20H,7-16H2,1-3H3. The van der Waals surface area contributed by atoms with Gasteiger partial charge in [-0.25, -0.2) is 0 Å². The normalized spacial score (nSPS) is 19.8. The van der Waals surface area contributed by atoms with Crippen molar-refractivity contribution < 1.29 is 14.3 Å². The van der Waals surface area contributed by atoms with Crippen molar-refractivity contribution in [2.75, 3.05) is 46.9 Å². The molecule has 0 spiro atoms. The molecule has 0 saturated carbocycles. The molecule has 0 aliphatic carbocycles. The van der Waals surface area contributed by atoms with Gasteiger partial charge in [0.05, 0.1) is 12.8 Å². The molecule has 1 aromatic rings. The van der Waals surface area contributed by atoms with Gasteiger partial charge in [0.2, 0.25) is 5.91 Å². The lowest BCUT2D eigenvalue weighted by molar-refractivity contribution is -0.148. The van der Waals surface area contributed by atoms with Gasteiger partial charge in [-0.15, -0.1) is 0 Å². The second kappa shape index (κ2) is 10.2. The molecule has 2 aliphatic heterocycles. The third kappa shape index (κ3) is 6.00. The topological polar surface area (TPSA) is 66.0 Å². The third-order valence-electron chi connectivity index (χ3n) is 6.25. The van der Waals surface area contributed by atoms with Gasteiger partial charge in [-0.05, 0) is 57.8 Å². The molecule has 0 aromatic carbocycles. The van der Waals surface area contributed by atoms with Crippen molar-refractivity contribution in [1.82, 2.24) is 19.7 Å². The van der Waals surface area contributed by atoms with E-state index < -0.39 is 0 Å². The predicted octanol–water partition coefficient (Wildman–Crippen LogP) is 1.70. The molecular weight excluding hydrogens is 368 g/mol. The number of nitrogens with zero attached hydrogens (tertiary/aromatic N) is 4. The number of rotatable bonds is 6. The van der Waals surface area contributed by atoms with Crippen molar-refractivity contribution in [2.24, 2.45) is 5.92 Å². The van der Waals surface area contributed by atoms with Gasteiger partial charge in [-0.3, -0.25) is 19.5 Å². The average molecular weight is 403 g/mol. The number of amides is 1. The molecule has 7 nitrogen and oxygen atoms in total. The number of esters is 1. The Morgan fingerprint density at radius 3 is 2.45 bits per heavy atom. The number of methoxy groups -OCH3 is 1. The number of ether oxygens (including phenoxy) is 1. The van der Waals surface area contributed by atoms with E-state index in [1.165, 1.54) is 24.9 Å². The second-order valence-corrected chi connectivity index (χ2v) is 8.36. The van der Waals surface area contributed by atoms with E-state index in [9.17, 15) is 9.59 Å². The minimum absolute atomic E-state index is 0.0217. The molecule has 160 valence electrons. The molecule has 3 heterocycles. The Kier molecular flexibility index (Phi) is 7.61. The number of piperidine rings is 2. The molecule has 0 unspecified atom stereocenters. The maximum atomic E-state index is 12.6. The monoisotopic (exact) mass is 402 g/mol. The first-order valence-electron chi connectivity index (χ1n) is 10.7. The number of carbonyl (C=O) groups is 2. The second-order valence-electron chi connectivity index (χ2n) is 8.36. The summed E-state index contributed by atoms with van der Waals surface area (Å²) >= 11 is 0. The molecule has 0 radical (unpaired) electrons. The minimum Gasteiger partial charge on any atom is -0.468 e. The number of aromatic nitrogens is 1. The van der Waals surface area contributed by atoms with Crippen LogP contribution in [0.2, 0.25) is 0 Å². The van der Waals surface area contributed by atoms with E-state index in [4.69, 9.17) is 0 Å². The molecule has 2 aliphatic rings. The number of pyridine rings is 1. The fourth-order valence-corrected chi connectivity index (χ4v) is 4.52. The molecule has 0 N–H and O–H groups in total. The smallest absolute Gasteiger partial charge is 0.325 e. The van der Waals surface area contributed by atoms with Crippen molar-refractivity contribution in [1.29, 1.82) is 0 Å². The first-order valence-corrected chi connectivity index (χ1v) is 10.7. The van der Waals surface area contributed by atoms with Gasteiger partial charge in [-0.1, -0.05) is 6.07 Å². The number of hydrogen-bond acceptors (Lipinski definition) is 6. The summed E-state index contributed by atoms with van der Waals surface area (Å²) in [6.45, 7) is 7.12. The van der Waals surface area contributed by atoms with Crippen LogP contribution >= 0.6 is 0 Å². The van der Waals surface area contributed by atoms with E-state index in [-0.39, 0.29) is 24.3 Å². The van der Waals surface area contributed by atoms with Gasteiger partial charge in [0.1, 0.15) is 6.54 Å². The first kappa shape index (κ1) is 21.7. The molecule has 29 heavy (non-hydrogen) atoms. The zero-order valence-corrected chi connectivity index (χ0v) is 18.0. The Hall–Kier alpha value is -1.99. The molecular formula is C22H34N4O3. The van der Waals surface area contributed by atoms with Gasteiger partial charge in [-0.2, -0.15) is 0 Å². The van der Waals surface area contributed by atoms with Crippen LogP contribution in [-0.4, -0.2) is 84.5 Å². The Morgan fingerprint density at radius 1 is 1.14 bits per heavy atom. The highest BCUT2D eigenvalue weighted by molar-refractivity contribution is 5.83. The zero-order chi connectivity index (χ0) is 20.8. The van der Waals surface area contributed by atoms with Gasteiger partial charge in [0.25, 0.3) is 0 Å². The van der Waals surface area contributed by atoms with Crippen LogP contribution < -0.4 is 0 Å². The van der Waals surface area contributed by atoms with Crippen LogP contribution in [0.3, 0.4) is 0 Å². The molecule has 2 saturated heterocycles. The molecule has 1 aromatic heterocycles. The summed E-state index contributed by atoms with van der Waals surface area (Å²) in [6.07, 6.45) is 4.09. The van der Waals surface area contributed by atoms with Crippen molar-refractivity contribution in [3.05, 3.63) is 29.6 Å². The zero-order valence-electron chi connectivity index (χ0n) is 18.0. The van der Waals surface area contributed by atoms with Crippen LogP contribution in [0.1, 0.15) is 37.1 Å². The van der Waals surface area contributed by atoms with Crippen molar-refractivity contribution >= 4 is 11.9 Å². The molecule has 3 rings (SSSR count). The molecule has 2 fully saturated rings. The average Bonchev–Trinajstić information content (AvgIpc) is 2.74. The van der Waals surface area contributed by atoms with Gasteiger partial charge in [0.15, 0.2) is 0 Å². The summed E-state index contributed by atoms with van der Waals surface area (Å²) in [5.74, 6) is -0.283. The fraction of sp³-hybridized carbons (Fsp3) is 0.682. The fourth-order valence-electron chi connectivity index (χ4n) is 4.52. The van der Waals surface area contributed by atoms with Gasteiger partial charge in [0, 0.05) is 44.3 Å². The van der Waals surface area contributed by atoms with Crippen LogP contribution in [0.5, 0.6) is 0 Å². The largest absolute Gasteiger partial charge is 0.468 e. The van der Waals surface area contributed by atoms with E-state index in [2.05, 4.69) is 31.7 Å². The maximum absolute atomic E-state index is 12.6. The van der Waals surface area contributed by atoms with Gasteiger partial charge < -0.3 is 14.5 Å². The molecule has 7 heteroatoms. The lowest BCUT2D eigenvalue weighted by Gasteiger charge is -2.41. The summed E-state index contributed by atoms with van der Waals surface area (Å²) in [5.41, 5.74) is 2.23. The predicted molar refractivity (Wildman–Crippen MR) is 111 cm³/mol. The first-order chi connectivity index (χ1) is 14.0. The summed E-state index contributed by atoms with van der Waals surface area (Å²) in [6, 6.07) is 6.84. The van der Waals surface area contributed by atoms with E-state index in [1.54, 1.807) is 7.05 Å². The van der Waals surface area contributed by atoms with E-state index in [1.807, 2.05) is 13.0 Å². The lowest BCUT2D eigenvalue weighted by Crippen LogP contribution is -2.49. The quantitative estimate of drug-likeness (QED) is 0.675. The summed E-state index contributed by atoms with van der Waals surface area (Å²) < 4.78 is 4.66. The molecule has 0 bridgehead atoms. The van der Waals surface area contributed by atoms with Gasteiger partial charge >= 0.3 is 5.97 Å². The third-order valence-corrected chi connectivity index (χ3v) is 6.25. The SMILES string of the molecule is COC(=O)CN(C)C(=O)C1CCN(C2CCN(Cc3cccc(C)n3)CC2)CC1. The number of likely N-dealkylation sites (N-methyl/N-ethyl adjacent to an activating group) is 1.